The Labute approximate surface area is 113 Å². The van der Waals surface area contributed by atoms with Gasteiger partial charge in [0.2, 0.25) is 0 Å². The molecule has 4 N–H and O–H groups in total. The molecule has 0 radical (unpaired) electrons. The average Bonchev–Trinajstić information content (AvgIpc) is 2.42. The lowest BCUT2D eigenvalue weighted by Crippen LogP contribution is -2.28. The highest BCUT2D eigenvalue weighted by atomic mass is 19.4. The molecule has 1 aromatic rings. The van der Waals surface area contributed by atoms with Gasteiger partial charge in [-0.15, -0.1) is 0 Å². The predicted molar refractivity (Wildman–Crippen MR) is 66.4 cm³/mol. The van der Waals surface area contributed by atoms with Crippen LogP contribution in [0.3, 0.4) is 0 Å². The molecule has 0 atom stereocenters. The third-order valence-corrected chi connectivity index (χ3v) is 2.50. The Morgan fingerprint density at radius 3 is 2.60 bits per heavy atom. The molecule has 0 unspecified atom stereocenters. The zero-order valence-corrected chi connectivity index (χ0v) is 10.4. The lowest BCUT2D eigenvalue weighted by atomic mass is 10.1. The summed E-state index contributed by atoms with van der Waals surface area (Å²) >= 11 is 0. The van der Waals surface area contributed by atoms with Gasteiger partial charge in [0.05, 0.1) is 11.1 Å². The molecule has 110 valence electrons. The molecule has 0 bridgehead atoms. The molecule has 0 aliphatic rings. The van der Waals surface area contributed by atoms with Gasteiger partial charge in [-0.2, -0.15) is 13.2 Å². The molecule has 1 rings (SSSR count). The third kappa shape index (κ3) is 4.45. The van der Waals surface area contributed by atoms with E-state index in [0.29, 0.717) is 6.42 Å². The van der Waals surface area contributed by atoms with Gasteiger partial charge < -0.3 is 16.3 Å². The summed E-state index contributed by atoms with van der Waals surface area (Å²) in [6.45, 7) is 0.126. The number of amides is 1. The van der Waals surface area contributed by atoms with Crippen molar-refractivity contribution in [3.8, 4) is 0 Å². The number of amidine groups is 1. The molecular weight excluding hydrogens is 275 g/mol. The molecule has 0 spiro atoms. The van der Waals surface area contributed by atoms with Crippen LogP contribution < -0.4 is 11.1 Å². The van der Waals surface area contributed by atoms with Crippen molar-refractivity contribution in [3.05, 3.63) is 35.4 Å². The summed E-state index contributed by atoms with van der Waals surface area (Å²) in [5.74, 6) is -0.813. The third-order valence-electron chi connectivity index (χ3n) is 2.50. The fourth-order valence-electron chi connectivity index (χ4n) is 1.54. The van der Waals surface area contributed by atoms with E-state index in [-0.39, 0.29) is 18.8 Å². The van der Waals surface area contributed by atoms with Gasteiger partial charge in [-0.25, -0.2) is 0 Å². The summed E-state index contributed by atoms with van der Waals surface area (Å²) < 4.78 is 38.1. The fourth-order valence-corrected chi connectivity index (χ4v) is 1.54. The standard InChI is InChI=1S/C12H14F3N3O2/c13-12(14,15)9-5-2-1-4-8(9)11(19)17-7-3-6-10(16)18-20/h1-2,4-5,20H,3,6-7H2,(H2,16,18)(H,17,19). The van der Waals surface area contributed by atoms with E-state index in [1.165, 1.54) is 12.1 Å². The molecule has 0 heterocycles. The van der Waals surface area contributed by atoms with Crippen molar-refractivity contribution in [3.63, 3.8) is 0 Å². The normalized spacial score (nSPS) is 12.2. The second kappa shape index (κ2) is 6.78. The topological polar surface area (TPSA) is 87.7 Å². The molecule has 1 aromatic carbocycles. The number of nitrogens with one attached hydrogen (secondary N) is 1. The van der Waals surface area contributed by atoms with E-state index in [1.54, 1.807) is 0 Å². The Balaban J connectivity index is 2.65. The maximum atomic E-state index is 12.7. The van der Waals surface area contributed by atoms with Crippen LogP contribution in [0.2, 0.25) is 0 Å². The Morgan fingerprint density at radius 2 is 2.00 bits per heavy atom. The number of halogens is 3. The SMILES string of the molecule is NC(CCCNC(=O)c1ccccc1C(F)(F)F)=NO. The van der Waals surface area contributed by atoms with E-state index in [1.807, 2.05) is 0 Å². The number of alkyl halides is 3. The highest BCUT2D eigenvalue weighted by molar-refractivity contribution is 5.95. The van der Waals surface area contributed by atoms with Gasteiger partial charge in [0.1, 0.15) is 5.84 Å². The van der Waals surface area contributed by atoms with E-state index < -0.39 is 23.2 Å². The van der Waals surface area contributed by atoms with Gasteiger partial charge in [-0.05, 0) is 18.6 Å². The zero-order valence-electron chi connectivity index (χ0n) is 10.4. The quantitative estimate of drug-likeness (QED) is 0.254. The van der Waals surface area contributed by atoms with Gasteiger partial charge in [-0.3, -0.25) is 4.79 Å². The number of nitrogens with two attached hydrogens (primary N) is 1. The highest BCUT2D eigenvalue weighted by Crippen LogP contribution is 2.31. The summed E-state index contributed by atoms with van der Waals surface area (Å²) in [4.78, 5) is 11.7. The van der Waals surface area contributed by atoms with Gasteiger partial charge in [0.15, 0.2) is 0 Å². The van der Waals surface area contributed by atoms with Crippen molar-refractivity contribution in [1.82, 2.24) is 5.32 Å². The van der Waals surface area contributed by atoms with Crippen LogP contribution in [0, 0.1) is 0 Å². The predicted octanol–water partition coefficient (Wildman–Crippen LogP) is 1.96. The molecule has 0 aromatic heterocycles. The van der Waals surface area contributed by atoms with Gasteiger partial charge in [0.25, 0.3) is 5.91 Å². The molecule has 5 nitrogen and oxygen atoms in total. The molecule has 8 heteroatoms. The lowest BCUT2D eigenvalue weighted by Gasteiger charge is -2.12. The molecule has 0 aliphatic heterocycles. The number of carbonyl (C=O) groups is 1. The second-order valence-electron chi connectivity index (χ2n) is 3.99. The number of hydrogen-bond donors (Lipinski definition) is 3. The Bertz CT molecular complexity index is 501. The van der Waals surface area contributed by atoms with E-state index in [0.717, 1.165) is 12.1 Å². The number of nitrogens with zero attached hydrogens (tertiary/aromatic N) is 1. The van der Waals surface area contributed by atoms with Gasteiger partial charge in [0, 0.05) is 13.0 Å². The van der Waals surface area contributed by atoms with Crippen molar-refractivity contribution in [1.29, 1.82) is 0 Å². The molecule has 0 saturated heterocycles. The van der Waals surface area contributed by atoms with Crippen LogP contribution in [0.4, 0.5) is 13.2 Å². The first kappa shape index (κ1) is 15.8. The van der Waals surface area contributed by atoms with Crippen LogP contribution in [-0.2, 0) is 6.18 Å². The number of hydrogen-bond acceptors (Lipinski definition) is 3. The highest BCUT2D eigenvalue weighted by Gasteiger charge is 2.34. The van der Waals surface area contributed by atoms with Crippen molar-refractivity contribution >= 4 is 11.7 Å². The van der Waals surface area contributed by atoms with Crippen LogP contribution in [0.1, 0.15) is 28.8 Å². The molecule has 20 heavy (non-hydrogen) atoms. The van der Waals surface area contributed by atoms with Crippen LogP contribution in [-0.4, -0.2) is 23.5 Å². The minimum absolute atomic E-state index is 0.00468. The fraction of sp³-hybridized carbons (Fsp3) is 0.333. The molecule has 1 amide bonds. The van der Waals surface area contributed by atoms with Gasteiger partial charge in [-0.1, -0.05) is 17.3 Å². The van der Waals surface area contributed by atoms with Crippen LogP contribution >= 0.6 is 0 Å². The summed E-state index contributed by atoms with van der Waals surface area (Å²) in [5.41, 5.74) is 3.82. The second-order valence-corrected chi connectivity index (χ2v) is 3.99. The minimum Gasteiger partial charge on any atom is -0.409 e. The summed E-state index contributed by atoms with van der Waals surface area (Å²) in [7, 11) is 0. The molecule has 0 saturated carbocycles. The van der Waals surface area contributed by atoms with Crippen molar-refractivity contribution in [2.45, 2.75) is 19.0 Å². The largest absolute Gasteiger partial charge is 0.417 e. The number of rotatable bonds is 5. The van der Waals surface area contributed by atoms with E-state index in [4.69, 9.17) is 10.9 Å². The Kier molecular flexibility index (Phi) is 5.36. The van der Waals surface area contributed by atoms with E-state index >= 15 is 0 Å². The monoisotopic (exact) mass is 289 g/mol. The zero-order chi connectivity index (χ0) is 15.2. The maximum Gasteiger partial charge on any atom is 0.417 e. The van der Waals surface area contributed by atoms with Crippen LogP contribution in [0.25, 0.3) is 0 Å². The summed E-state index contributed by atoms with van der Waals surface area (Å²) in [5, 5.41) is 13.4. The summed E-state index contributed by atoms with van der Waals surface area (Å²) in [6, 6.07) is 4.55. The molecule has 0 fully saturated rings. The first-order valence-corrected chi connectivity index (χ1v) is 5.77. The minimum atomic E-state index is -4.58. The number of carbonyl (C=O) groups excluding carboxylic acids is 1. The molecular formula is C12H14F3N3O2. The van der Waals surface area contributed by atoms with Crippen LogP contribution in [0.5, 0.6) is 0 Å². The molecule has 0 aliphatic carbocycles. The smallest absolute Gasteiger partial charge is 0.409 e. The number of oxime groups is 1. The van der Waals surface area contributed by atoms with E-state index in [9.17, 15) is 18.0 Å². The Morgan fingerprint density at radius 1 is 1.35 bits per heavy atom. The van der Waals surface area contributed by atoms with Crippen LogP contribution in [0.15, 0.2) is 29.4 Å². The van der Waals surface area contributed by atoms with Crippen molar-refractivity contribution in [2.75, 3.05) is 6.54 Å². The number of benzene rings is 1. The van der Waals surface area contributed by atoms with Gasteiger partial charge >= 0.3 is 6.18 Å². The average molecular weight is 289 g/mol. The lowest BCUT2D eigenvalue weighted by molar-refractivity contribution is -0.137. The first-order chi connectivity index (χ1) is 9.36. The van der Waals surface area contributed by atoms with Crippen molar-refractivity contribution < 1.29 is 23.2 Å². The maximum absolute atomic E-state index is 12.7. The van der Waals surface area contributed by atoms with E-state index in [2.05, 4.69) is 10.5 Å². The summed E-state index contributed by atoms with van der Waals surface area (Å²) in [6.07, 6.45) is -3.99. The first-order valence-electron chi connectivity index (χ1n) is 5.77. The Hall–Kier alpha value is -2.25. The van der Waals surface area contributed by atoms with Crippen molar-refractivity contribution in [2.24, 2.45) is 10.9 Å².